The number of rotatable bonds is 3. The van der Waals surface area contributed by atoms with Crippen molar-refractivity contribution in [1.82, 2.24) is 5.48 Å². The van der Waals surface area contributed by atoms with Crippen molar-refractivity contribution in [2.75, 3.05) is 13.2 Å². The standard InChI is InChI=1S/C6H11NO4/c1-3-10-6(9)5(8)7-11-4-2/h3-4H2,1-2H3,(H,7,8). The van der Waals surface area contributed by atoms with Crippen molar-refractivity contribution in [3.63, 3.8) is 0 Å². The van der Waals surface area contributed by atoms with Gasteiger partial charge in [-0.1, -0.05) is 0 Å². The third-order valence-electron chi connectivity index (χ3n) is 0.770. The molecular formula is C6H11NO4. The number of ether oxygens (including phenoxy) is 1. The number of hydrogen-bond donors (Lipinski definition) is 1. The van der Waals surface area contributed by atoms with Crippen LogP contribution in [0.2, 0.25) is 0 Å². The zero-order valence-corrected chi connectivity index (χ0v) is 6.55. The van der Waals surface area contributed by atoms with Gasteiger partial charge in [-0.05, 0) is 13.8 Å². The fourth-order valence-electron chi connectivity index (χ4n) is 0.376. The van der Waals surface area contributed by atoms with Crippen molar-refractivity contribution in [1.29, 1.82) is 0 Å². The van der Waals surface area contributed by atoms with E-state index in [1.54, 1.807) is 13.8 Å². The van der Waals surface area contributed by atoms with E-state index < -0.39 is 11.9 Å². The third-order valence-corrected chi connectivity index (χ3v) is 0.770. The molecule has 0 unspecified atom stereocenters. The van der Waals surface area contributed by atoms with Crippen LogP contribution in [0, 0.1) is 0 Å². The van der Waals surface area contributed by atoms with Crippen LogP contribution in [0.25, 0.3) is 0 Å². The fraction of sp³-hybridized carbons (Fsp3) is 0.667. The van der Waals surface area contributed by atoms with Crippen LogP contribution in [-0.2, 0) is 19.2 Å². The maximum atomic E-state index is 10.6. The summed E-state index contributed by atoms with van der Waals surface area (Å²) in [5.74, 6) is -1.81. The molecule has 0 saturated carbocycles. The molecule has 0 spiro atoms. The quantitative estimate of drug-likeness (QED) is 0.348. The first-order chi connectivity index (χ1) is 5.22. The van der Waals surface area contributed by atoms with Gasteiger partial charge in [-0.25, -0.2) is 10.3 Å². The zero-order valence-electron chi connectivity index (χ0n) is 6.55. The summed E-state index contributed by atoms with van der Waals surface area (Å²) in [5.41, 5.74) is 1.90. The summed E-state index contributed by atoms with van der Waals surface area (Å²) >= 11 is 0. The summed E-state index contributed by atoms with van der Waals surface area (Å²) in [6, 6.07) is 0. The van der Waals surface area contributed by atoms with Gasteiger partial charge in [0.1, 0.15) is 0 Å². The van der Waals surface area contributed by atoms with E-state index in [1.807, 2.05) is 5.48 Å². The van der Waals surface area contributed by atoms with Gasteiger partial charge in [0.05, 0.1) is 13.2 Å². The first-order valence-electron chi connectivity index (χ1n) is 3.31. The largest absolute Gasteiger partial charge is 0.459 e. The lowest BCUT2D eigenvalue weighted by Gasteiger charge is -2.01. The Morgan fingerprint density at radius 1 is 1.27 bits per heavy atom. The molecule has 64 valence electrons. The van der Waals surface area contributed by atoms with Gasteiger partial charge in [-0.2, -0.15) is 0 Å². The Kier molecular flexibility index (Phi) is 5.10. The summed E-state index contributed by atoms with van der Waals surface area (Å²) < 4.78 is 4.37. The number of hydroxylamine groups is 1. The molecule has 11 heavy (non-hydrogen) atoms. The molecule has 0 aliphatic carbocycles. The summed E-state index contributed by atoms with van der Waals surface area (Å²) in [4.78, 5) is 25.6. The second kappa shape index (κ2) is 5.67. The Morgan fingerprint density at radius 2 is 1.91 bits per heavy atom. The van der Waals surface area contributed by atoms with Crippen LogP contribution in [0.5, 0.6) is 0 Å². The maximum absolute atomic E-state index is 10.6. The van der Waals surface area contributed by atoms with Crippen molar-refractivity contribution in [2.24, 2.45) is 0 Å². The van der Waals surface area contributed by atoms with Gasteiger partial charge < -0.3 is 4.74 Å². The predicted octanol–water partition coefficient (Wildman–Crippen LogP) is -0.383. The van der Waals surface area contributed by atoms with Crippen LogP contribution in [0.15, 0.2) is 0 Å². The van der Waals surface area contributed by atoms with E-state index in [9.17, 15) is 9.59 Å². The fourth-order valence-corrected chi connectivity index (χ4v) is 0.376. The highest BCUT2D eigenvalue weighted by Crippen LogP contribution is 1.77. The average molecular weight is 161 g/mol. The molecule has 1 amide bonds. The molecule has 0 radical (unpaired) electrons. The van der Waals surface area contributed by atoms with Crippen molar-refractivity contribution in [2.45, 2.75) is 13.8 Å². The Hall–Kier alpha value is -1.10. The molecule has 0 aliphatic rings. The Balaban J connectivity index is 3.56. The van der Waals surface area contributed by atoms with E-state index >= 15 is 0 Å². The summed E-state index contributed by atoms with van der Waals surface area (Å²) in [6.07, 6.45) is 0. The normalized spacial score (nSPS) is 8.91. The van der Waals surface area contributed by atoms with E-state index in [0.29, 0.717) is 6.61 Å². The molecule has 0 rings (SSSR count). The predicted molar refractivity (Wildman–Crippen MR) is 36.4 cm³/mol. The molecule has 0 atom stereocenters. The first kappa shape index (κ1) is 9.90. The van der Waals surface area contributed by atoms with Crippen LogP contribution in [0.1, 0.15) is 13.8 Å². The molecule has 0 bridgehead atoms. The molecule has 0 aliphatic heterocycles. The number of carbonyl (C=O) groups excluding carboxylic acids is 2. The van der Waals surface area contributed by atoms with Crippen LogP contribution in [-0.4, -0.2) is 25.1 Å². The van der Waals surface area contributed by atoms with E-state index in [-0.39, 0.29) is 6.61 Å². The molecular weight excluding hydrogens is 150 g/mol. The highest BCUT2D eigenvalue weighted by atomic mass is 16.7. The first-order valence-corrected chi connectivity index (χ1v) is 3.31. The van der Waals surface area contributed by atoms with Gasteiger partial charge in [-0.3, -0.25) is 9.63 Å². The van der Waals surface area contributed by atoms with Crippen LogP contribution < -0.4 is 5.48 Å². The van der Waals surface area contributed by atoms with Gasteiger partial charge in [-0.15, -0.1) is 0 Å². The van der Waals surface area contributed by atoms with Crippen LogP contribution in [0.3, 0.4) is 0 Å². The molecule has 0 aromatic rings. The maximum Gasteiger partial charge on any atom is 0.399 e. The third kappa shape index (κ3) is 4.32. The lowest BCUT2D eigenvalue weighted by Crippen LogP contribution is -2.32. The monoisotopic (exact) mass is 161 g/mol. The van der Waals surface area contributed by atoms with Gasteiger partial charge in [0.15, 0.2) is 0 Å². The summed E-state index contributed by atoms with van der Waals surface area (Å²) in [5, 5.41) is 0. The van der Waals surface area contributed by atoms with Crippen molar-refractivity contribution in [3.8, 4) is 0 Å². The Morgan fingerprint density at radius 3 is 2.36 bits per heavy atom. The lowest BCUT2D eigenvalue weighted by atomic mass is 10.6. The van der Waals surface area contributed by atoms with E-state index in [2.05, 4.69) is 9.57 Å². The number of nitrogens with one attached hydrogen (secondary N) is 1. The topological polar surface area (TPSA) is 64.6 Å². The van der Waals surface area contributed by atoms with Gasteiger partial charge >= 0.3 is 11.9 Å². The van der Waals surface area contributed by atoms with Crippen molar-refractivity contribution in [3.05, 3.63) is 0 Å². The number of amides is 1. The second-order valence-electron chi connectivity index (χ2n) is 1.58. The smallest absolute Gasteiger partial charge is 0.399 e. The molecule has 0 aromatic heterocycles. The minimum Gasteiger partial charge on any atom is -0.459 e. The average Bonchev–Trinajstić information content (AvgIpc) is 2.00. The van der Waals surface area contributed by atoms with Gasteiger partial charge in [0.2, 0.25) is 0 Å². The number of esters is 1. The lowest BCUT2D eigenvalue weighted by molar-refractivity contribution is -0.160. The minimum atomic E-state index is -0.930. The molecule has 5 heteroatoms. The van der Waals surface area contributed by atoms with E-state index in [0.717, 1.165) is 0 Å². The Labute approximate surface area is 64.6 Å². The molecule has 5 nitrogen and oxygen atoms in total. The van der Waals surface area contributed by atoms with Crippen LogP contribution in [0.4, 0.5) is 0 Å². The Bertz CT molecular complexity index is 146. The molecule has 0 saturated heterocycles. The molecule has 0 fully saturated rings. The highest BCUT2D eigenvalue weighted by molar-refractivity contribution is 6.32. The SMILES string of the molecule is CCONC(=O)C(=O)OCC. The van der Waals surface area contributed by atoms with Crippen molar-refractivity contribution < 1.29 is 19.2 Å². The summed E-state index contributed by atoms with van der Waals surface area (Å²) in [6.45, 7) is 3.79. The second-order valence-corrected chi connectivity index (χ2v) is 1.58. The van der Waals surface area contributed by atoms with E-state index in [1.165, 1.54) is 0 Å². The minimum absolute atomic E-state index is 0.179. The van der Waals surface area contributed by atoms with Gasteiger partial charge in [0.25, 0.3) is 0 Å². The van der Waals surface area contributed by atoms with Crippen molar-refractivity contribution >= 4 is 11.9 Å². The van der Waals surface area contributed by atoms with E-state index in [4.69, 9.17) is 0 Å². The molecule has 1 N–H and O–H groups in total. The molecule has 0 aromatic carbocycles. The highest BCUT2D eigenvalue weighted by Gasteiger charge is 2.13. The van der Waals surface area contributed by atoms with Gasteiger partial charge in [0, 0.05) is 0 Å². The molecule has 0 heterocycles. The summed E-state index contributed by atoms with van der Waals surface area (Å²) in [7, 11) is 0. The zero-order chi connectivity index (χ0) is 8.69. The van der Waals surface area contributed by atoms with Crippen LogP contribution >= 0.6 is 0 Å². The number of hydrogen-bond acceptors (Lipinski definition) is 4. The number of carbonyl (C=O) groups is 2.